The minimum Gasteiger partial charge on any atom is -0.487 e. The lowest BCUT2D eigenvalue weighted by atomic mass is 10.1. The summed E-state index contributed by atoms with van der Waals surface area (Å²) in [6, 6.07) is 5.14. The van der Waals surface area contributed by atoms with Gasteiger partial charge in [-0.2, -0.15) is 0 Å². The number of ether oxygens (including phenoxy) is 3. The van der Waals surface area contributed by atoms with Crippen molar-refractivity contribution in [3.8, 4) is 17.2 Å². The van der Waals surface area contributed by atoms with Gasteiger partial charge in [0.1, 0.15) is 0 Å². The highest BCUT2D eigenvalue weighted by Crippen LogP contribution is 2.38. The van der Waals surface area contributed by atoms with Crippen molar-refractivity contribution < 1.29 is 23.8 Å². The highest BCUT2D eigenvalue weighted by atomic mass is 16.6. The van der Waals surface area contributed by atoms with E-state index in [0.717, 1.165) is 44.9 Å². The van der Waals surface area contributed by atoms with Gasteiger partial charge in [0, 0.05) is 12.8 Å². The highest BCUT2D eigenvalue weighted by molar-refractivity contribution is 5.77. The Hall–Kier alpha value is -2.04. The first-order valence-electron chi connectivity index (χ1n) is 11.9. The lowest BCUT2D eigenvalue weighted by Crippen LogP contribution is -2.15. The largest absolute Gasteiger partial charge is 0.487 e. The second kappa shape index (κ2) is 14.9. The van der Waals surface area contributed by atoms with Crippen LogP contribution in [0.25, 0.3) is 0 Å². The summed E-state index contributed by atoms with van der Waals surface area (Å²) in [5.41, 5.74) is 0. The van der Waals surface area contributed by atoms with Crippen molar-refractivity contribution in [2.75, 3.05) is 0 Å². The minimum absolute atomic E-state index is 0.0505. The van der Waals surface area contributed by atoms with Crippen molar-refractivity contribution in [3.05, 3.63) is 18.2 Å². The third-order valence-electron chi connectivity index (χ3n) is 5.11. The van der Waals surface area contributed by atoms with Crippen molar-refractivity contribution in [2.24, 2.45) is 11.8 Å². The van der Waals surface area contributed by atoms with Gasteiger partial charge in [0.25, 0.3) is 0 Å². The predicted molar refractivity (Wildman–Crippen MR) is 125 cm³/mol. The predicted octanol–water partition coefficient (Wildman–Crippen LogP) is 7.11. The summed E-state index contributed by atoms with van der Waals surface area (Å²) < 4.78 is 17.1. The highest BCUT2D eigenvalue weighted by Gasteiger charge is 2.20. The third-order valence-corrected chi connectivity index (χ3v) is 5.11. The smallest absolute Gasteiger partial charge is 0.311 e. The topological polar surface area (TPSA) is 61.8 Å². The molecule has 1 unspecified atom stereocenters. The van der Waals surface area contributed by atoms with E-state index in [1.807, 2.05) is 13.8 Å². The Morgan fingerprint density at radius 2 is 1.29 bits per heavy atom. The van der Waals surface area contributed by atoms with Crippen LogP contribution >= 0.6 is 0 Å². The first-order chi connectivity index (χ1) is 14.7. The van der Waals surface area contributed by atoms with E-state index < -0.39 is 0 Å². The van der Waals surface area contributed by atoms with Gasteiger partial charge in [-0.1, -0.05) is 66.4 Å². The Bertz CT molecular complexity index is 666. The monoisotopic (exact) mass is 434 g/mol. The summed E-state index contributed by atoms with van der Waals surface area (Å²) in [6.07, 6.45) is 7.12. The zero-order valence-corrected chi connectivity index (χ0v) is 20.4. The third kappa shape index (κ3) is 11.8. The van der Waals surface area contributed by atoms with Crippen LogP contribution in [0.3, 0.4) is 0 Å². The number of esters is 2. The molecule has 1 aromatic rings. The molecule has 5 nitrogen and oxygen atoms in total. The molecule has 1 aromatic carbocycles. The van der Waals surface area contributed by atoms with Crippen LogP contribution < -0.4 is 14.2 Å². The van der Waals surface area contributed by atoms with E-state index in [2.05, 4.69) is 27.7 Å². The molecule has 0 saturated heterocycles. The van der Waals surface area contributed by atoms with Crippen molar-refractivity contribution >= 4 is 11.9 Å². The van der Waals surface area contributed by atoms with E-state index in [-0.39, 0.29) is 29.5 Å². The second-order valence-electron chi connectivity index (χ2n) is 9.15. The van der Waals surface area contributed by atoms with Gasteiger partial charge in [0.15, 0.2) is 11.5 Å². The van der Waals surface area contributed by atoms with Crippen molar-refractivity contribution in [3.63, 3.8) is 0 Å². The van der Waals surface area contributed by atoms with Crippen LogP contribution in [0.2, 0.25) is 0 Å². The van der Waals surface area contributed by atoms with Crippen LogP contribution in [0, 0.1) is 11.8 Å². The number of benzene rings is 1. The number of carbonyl (C=O) groups is 2. The molecular weight excluding hydrogens is 392 g/mol. The fourth-order valence-electron chi connectivity index (χ4n) is 3.05. The molecule has 176 valence electrons. The van der Waals surface area contributed by atoms with E-state index in [1.54, 1.807) is 18.2 Å². The van der Waals surface area contributed by atoms with Crippen LogP contribution in [-0.4, -0.2) is 18.0 Å². The van der Waals surface area contributed by atoms with Gasteiger partial charge < -0.3 is 14.2 Å². The molecule has 0 N–H and O–H groups in total. The van der Waals surface area contributed by atoms with Gasteiger partial charge in [-0.25, -0.2) is 0 Å². The van der Waals surface area contributed by atoms with Crippen molar-refractivity contribution in [2.45, 2.75) is 105 Å². The Morgan fingerprint density at radius 3 is 1.81 bits per heavy atom. The molecule has 0 bridgehead atoms. The molecule has 31 heavy (non-hydrogen) atoms. The summed E-state index contributed by atoms with van der Waals surface area (Å²) in [4.78, 5) is 24.8. The van der Waals surface area contributed by atoms with Gasteiger partial charge >= 0.3 is 11.9 Å². The van der Waals surface area contributed by atoms with Gasteiger partial charge in [0.05, 0.1) is 6.10 Å². The summed E-state index contributed by atoms with van der Waals surface area (Å²) in [5.74, 6) is 1.45. The standard InChI is InChI=1S/C26H42O5/c1-7-21(6)29-22-15-12-16-23(30-24(27)17-10-8-13-19(2)3)26(22)31-25(28)18-11-9-14-20(4)5/h12,15-16,19-21H,7-11,13-14,17-18H2,1-6H3. The SMILES string of the molecule is CCC(C)Oc1cccc(OC(=O)CCCCC(C)C)c1OC(=O)CCCCC(C)C. The normalized spacial score (nSPS) is 12.1. The van der Waals surface area contributed by atoms with E-state index in [1.165, 1.54) is 0 Å². The molecule has 0 fully saturated rings. The number of hydrogen-bond donors (Lipinski definition) is 0. The van der Waals surface area contributed by atoms with Gasteiger partial charge in [-0.15, -0.1) is 0 Å². The maximum atomic E-state index is 12.5. The Morgan fingerprint density at radius 1 is 0.774 bits per heavy atom. The van der Waals surface area contributed by atoms with Gasteiger partial charge in [0.2, 0.25) is 5.75 Å². The molecule has 0 aliphatic rings. The molecule has 0 aromatic heterocycles. The number of unbranched alkanes of at least 4 members (excludes halogenated alkanes) is 2. The maximum Gasteiger partial charge on any atom is 0.311 e. The van der Waals surface area contributed by atoms with Crippen LogP contribution in [0.1, 0.15) is 99.3 Å². The quantitative estimate of drug-likeness (QED) is 0.167. The van der Waals surface area contributed by atoms with E-state index in [9.17, 15) is 9.59 Å². The first kappa shape index (κ1) is 27.0. The van der Waals surface area contributed by atoms with Crippen molar-refractivity contribution in [1.29, 1.82) is 0 Å². The Balaban J connectivity index is 2.82. The van der Waals surface area contributed by atoms with Crippen LogP contribution in [0.15, 0.2) is 18.2 Å². The van der Waals surface area contributed by atoms with Crippen LogP contribution in [0.4, 0.5) is 0 Å². The average Bonchev–Trinajstić information content (AvgIpc) is 2.70. The second-order valence-corrected chi connectivity index (χ2v) is 9.15. The Labute approximate surface area is 188 Å². The lowest BCUT2D eigenvalue weighted by molar-refractivity contribution is -0.137. The molecule has 0 radical (unpaired) electrons. The maximum absolute atomic E-state index is 12.5. The molecule has 0 aliphatic heterocycles. The van der Waals surface area contributed by atoms with E-state index in [0.29, 0.717) is 30.4 Å². The minimum atomic E-state index is -0.335. The molecule has 0 saturated carbocycles. The molecule has 0 aliphatic carbocycles. The zero-order chi connectivity index (χ0) is 23.2. The van der Waals surface area contributed by atoms with Crippen LogP contribution in [0.5, 0.6) is 17.2 Å². The molecule has 0 amide bonds. The molecule has 1 atom stereocenters. The lowest BCUT2D eigenvalue weighted by Gasteiger charge is -2.18. The number of para-hydroxylation sites is 1. The summed E-state index contributed by atoms with van der Waals surface area (Å²) >= 11 is 0. The summed E-state index contributed by atoms with van der Waals surface area (Å²) in [6.45, 7) is 12.7. The zero-order valence-electron chi connectivity index (χ0n) is 20.4. The number of carbonyl (C=O) groups excluding carboxylic acids is 2. The van der Waals surface area contributed by atoms with E-state index in [4.69, 9.17) is 14.2 Å². The fourth-order valence-corrected chi connectivity index (χ4v) is 3.05. The molecule has 0 spiro atoms. The molecule has 5 heteroatoms. The molecule has 0 heterocycles. The summed E-state index contributed by atoms with van der Waals surface area (Å²) in [7, 11) is 0. The molecular formula is C26H42O5. The molecule has 1 rings (SSSR count). The van der Waals surface area contributed by atoms with E-state index >= 15 is 0 Å². The number of hydrogen-bond acceptors (Lipinski definition) is 5. The van der Waals surface area contributed by atoms with Crippen molar-refractivity contribution in [1.82, 2.24) is 0 Å². The summed E-state index contributed by atoms with van der Waals surface area (Å²) in [5, 5.41) is 0. The van der Waals surface area contributed by atoms with Gasteiger partial charge in [-0.05, 0) is 50.2 Å². The van der Waals surface area contributed by atoms with Crippen LogP contribution in [-0.2, 0) is 9.59 Å². The first-order valence-corrected chi connectivity index (χ1v) is 11.9. The van der Waals surface area contributed by atoms with Gasteiger partial charge in [-0.3, -0.25) is 9.59 Å². The Kier molecular flexibility index (Phi) is 13.0. The average molecular weight is 435 g/mol. The number of rotatable bonds is 15. The fraction of sp³-hybridized carbons (Fsp3) is 0.692.